The van der Waals surface area contributed by atoms with Crippen molar-refractivity contribution in [1.29, 1.82) is 0 Å². The average molecular weight is 544 g/mol. The molecule has 0 bridgehead atoms. The van der Waals surface area contributed by atoms with Crippen molar-refractivity contribution in [3.05, 3.63) is 80.7 Å². The zero-order chi connectivity index (χ0) is 26.9. The van der Waals surface area contributed by atoms with Crippen LogP contribution in [0.15, 0.2) is 53.5 Å². The number of H-pyrrole nitrogens is 2. The van der Waals surface area contributed by atoms with Crippen LogP contribution in [0, 0.1) is 6.92 Å². The van der Waals surface area contributed by atoms with Gasteiger partial charge in [0.05, 0.1) is 42.6 Å². The number of halogens is 3. The second-order valence-corrected chi connectivity index (χ2v) is 9.85. The van der Waals surface area contributed by atoms with Gasteiger partial charge in [-0.05, 0) is 48.4 Å². The molecule has 0 aliphatic carbocycles. The molecule has 1 atom stereocenters. The number of ether oxygens (including phenoxy) is 1. The predicted octanol–water partition coefficient (Wildman–Crippen LogP) is 4.45. The monoisotopic (exact) mass is 543 g/mol. The van der Waals surface area contributed by atoms with Crippen LogP contribution in [0.5, 0.6) is 0 Å². The summed E-state index contributed by atoms with van der Waals surface area (Å²) in [6.45, 7) is 3.23. The summed E-state index contributed by atoms with van der Waals surface area (Å²) in [7, 11) is 0. The first-order valence-electron chi connectivity index (χ1n) is 12.3. The zero-order valence-corrected chi connectivity index (χ0v) is 21.5. The van der Waals surface area contributed by atoms with Crippen LogP contribution in [0.3, 0.4) is 0 Å². The molecule has 0 saturated carbocycles. The van der Waals surface area contributed by atoms with Crippen LogP contribution in [0.25, 0.3) is 22.4 Å². The number of aliphatic hydroxyl groups is 1. The van der Waals surface area contributed by atoms with Gasteiger partial charge in [-0.3, -0.25) is 9.69 Å². The average Bonchev–Trinajstić information content (AvgIpc) is 3.32. The predicted molar refractivity (Wildman–Crippen MR) is 143 cm³/mol. The van der Waals surface area contributed by atoms with Crippen LogP contribution in [-0.2, 0) is 10.7 Å². The Morgan fingerprint density at radius 1 is 1.24 bits per heavy atom. The van der Waals surface area contributed by atoms with E-state index in [0.29, 0.717) is 59.2 Å². The van der Waals surface area contributed by atoms with Crippen molar-refractivity contribution in [1.82, 2.24) is 19.9 Å². The second-order valence-electron chi connectivity index (χ2n) is 9.41. The molecule has 11 heteroatoms. The number of rotatable bonds is 8. The number of aliphatic hydroxyl groups excluding tert-OH is 1. The number of imidazole rings is 1. The molecule has 0 amide bonds. The number of aromatic nitrogens is 3. The van der Waals surface area contributed by atoms with Gasteiger partial charge >= 0.3 is 0 Å². The maximum Gasteiger partial charge on any atom is 0.285 e. The van der Waals surface area contributed by atoms with Crippen molar-refractivity contribution in [3.63, 3.8) is 0 Å². The standard InChI is InChI=1S/C27H28ClF2N5O3/c1-16-11-18(27(29,30)15-35-7-9-38-10-8-35)13-21-24(16)34-25(33-21)23-20(5-6-31-26(23)37)32-14-22(36)17-3-2-4-19(28)12-17/h2-6,11-13,22,36H,7-10,14-15H2,1H3,(H,33,34)(H2,31,32,37). The SMILES string of the molecule is Cc1cc(C(F)(F)CN2CCOCC2)cc2[nH]c(-c3c(NCC(O)c4cccc(Cl)c4)cc[nH]c3=O)nc12. The van der Waals surface area contributed by atoms with Gasteiger partial charge in [0.15, 0.2) is 0 Å². The Morgan fingerprint density at radius 3 is 2.79 bits per heavy atom. The van der Waals surface area contributed by atoms with Crippen molar-refractivity contribution in [2.45, 2.75) is 19.0 Å². The van der Waals surface area contributed by atoms with E-state index in [1.165, 1.54) is 18.3 Å². The Kier molecular flexibility index (Phi) is 7.49. The third-order valence-electron chi connectivity index (χ3n) is 6.64. The highest BCUT2D eigenvalue weighted by atomic mass is 35.5. The van der Waals surface area contributed by atoms with Crippen molar-refractivity contribution in [3.8, 4) is 11.4 Å². The van der Waals surface area contributed by atoms with Gasteiger partial charge in [-0.1, -0.05) is 23.7 Å². The highest BCUT2D eigenvalue weighted by Gasteiger charge is 2.35. The smallest absolute Gasteiger partial charge is 0.285 e. The number of aryl methyl sites for hydroxylation is 1. The number of nitrogens with one attached hydrogen (secondary N) is 3. The number of alkyl halides is 2. The minimum atomic E-state index is -3.07. The van der Waals surface area contributed by atoms with Gasteiger partial charge in [0, 0.05) is 36.4 Å². The molecule has 1 aliphatic heterocycles. The van der Waals surface area contributed by atoms with Crippen molar-refractivity contribution in [2.24, 2.45) is 0 Å². The lowest BCUT2D eigenvalue weighted by Gasteiger charge is -2.30. The molecule has 2 aromatic heterocycles. The lowest BCUT2D eigenvalue weighted by atomic mass is 10.0. The third kappa shape index (κ3) is 5.58. The molecule has 38 heavy (non-hydrogen) atoms. The summed E-state index contributed by atoms with van der Waals surface area (Å²) in [5, 5.41) is 14.2. The van der Waals surface area contributed by atoms with E-state index in [4.69, 9.17) is 16.3 Å². The summed E-state index contributed by atoms with van der Waals surface area (Å²) in [6, 6.07) is 11.4. The molecule has 1 fully saturated rings. The Hall–Kier alpha value is -3.31. The van der Waals surface area contributed by atoms with Gasteiger partial charge < -0.3 is 25.1 Å². The summed E-state index contributed by atoms with van der Waals surface area (Å²) < 4.78 is 35.7. The van der Waals surface area contributed by atoms with Crippen LogP contribution < -0.4 is 10.9 Å². The van der Waals surface area contributed by atoms with Gasteiger partial charge in [-0.2, -0.15) is 8.78 Å². The summed E-state index contributed by atoms with van der Waals surface area (Å²) in [5.74, 6) is -2.84. The number of morpholine rings is 1. The number of benzene rings is 2. The Balaban J connectivity index is 1.43. The third-order valence-corrected chi connectivity index (χ3v) is 6.88. The minimum absolute atomic E-state index is 0.105. The van der Waals surface area contributed by atoms with Gasteiger partial charge in [-0.25, -0.2) is 4.98 Å². The number of nitrogens with zero attached hydrogens (tertiary/aromatic N) is 2. The van der Waals surface area contributed by atoms with E-state index < -0.39 is 24.1 Å². The molecule has 3 heterocycles. The van der Waals surface area contributed by atoms with E-state index in [-0.39, 0.29) is 23.5 Å². The molecule has 1 unspecified atom stereocenters. The second kappa shape index (κ2) is 10.8. The Morgan fingerprint density at radius 2 is 2.03 bits per heavy atom. The van der Waals surface area contributed by atoms with Crippen molar-refractivity contribution < 1.29 is 18.6 Å². The first-order chi connectivity index (χ1) is 18.2. The normalized spacial score (nSPS) is 15.6. The number of aromatic amines is 2. The van der Waals surface area contributed by atoms with E-state index in [2.05, 4.69) is 20.3 Å². The number of fused-ring (bicyclic) bond motifs is 1. The molecule has 0 spiro atoms. The summed E-state index contributed by atoms with van der Waals surface area (Å²) in [5.41, 5.74) is 2.22. The van der Waals surface area contributed by atoms with E-state index in [9.17, 15) is 9.90 Å². The highest BCUT2D eigenvalue weighted by molar-refractivity contribution is 6.30. The molecule has 5 rings (SSSR count). The topological polar surface area (TPSA) is 106 Å². The molecule has 0 radical (unpaired) electrons. The first kappa shape index (κ1) is 26.3. The first-order valence-corrected chi connectivity index (χ1v) is 12.7. The largest absolute Gasteiger partial charge is 0.387 e. The lowest BCUT2D eigenvalue weighted by Crippen LogP contribution is -2.42. The molecule has 1 aliphatic rings. The molecular formula is C27H28ClF2N5O3. The van der Waals surface area contributed by atoms with Crippen LogP contribution in [0.2, 0.25) is 5.02 Å². The maximum absolute atomic E-state index is 15.2. The Bertz CT molecular complexity index is 1500. The van der Waals surface area contributed by atoms with E-state index in [1.807, 2.05) is 0 Å². The van der Waals surface area contributed by atoms with Gasteiger partial charge in [-0.15, -0.1) is 0 Å². The minimum Gasteiger partial charge on any atom is -0.387 e. The van der Waals surface area contributed by atoms with Crippen LogP contribution in [0.1, 0.15) is 22.8 Å². The summed E-state index contributed by atoms with van der Waals surface area (Å²) in [4.78, 5) is 24.8. The van der Waals surface area contributed by atoms with Gasteiger partial charge in [0.1, 0.15) is 11.4 Å². The number of hydrogen-bond donors (Lipinski definition) is 4. The molecule has 8 nitrogen and oxygen atoms in total. The molecule has 4 N–H and O–H groups in total. The molecular weight excluding hydrogens is 516 g/mol. The van der Waals surface area contributed by atoms with Crippen LogP contribution in [0.4, 0.5) is 14.5 Å². The zero-order valence-electron chi connectivity index (χ0n) is 20.7. The van der Waals surface area contributed by atoms with Crippen molar-refractivity contribution in [2.75, 3.05) is 44.7 Å². The molecule has 4 aromatic rings. The quantitative estimate of drug-likeness (QED) is 0.262. The van der Waals surface area contributed by atoms with Crippen LogP contribution >= 0.6 is 11.6 Å². The van der Waals surface area contributed by atoms with Crippen LogP contribution in [-0.4, -0.2) is 64.4 Å². The van der Waals surface area contributed by atoms with Gasteiger partial charge in [0.25, 0.3) is 11.5 Å². The van der Waals surface area contributed by atoms with E-state index in [1.54, 1.807) is 42.2 Å². The fourth-order valence-electron chi connectivity index (χ4n) is 4.65. The Labute approximate surface area is 222 Å². The van der Waals surface area contributed by atoms with Crippen molar-refractivity contribution >= 4 is 28.3 Å². The van der Waals surface area contributed by atoms with E-state index >= 15 is 8.78 Å². The van der Waals surface area contributed by atoms with Gasteiger partial charge in [0.2, 0.25) is 0 Å². The number of anilines is 1. The number of pyridine rings is 1. The highest BCUT2D eigenvalue weighted by Crippen LogP contribution is 2.34. The summed E-state index contributed by atoms with van der Waals surface area (Å²) in [6.07, 6.45) is 0.605. The molecule has 200 valence electrons. The number of hydrogen-bond acceptors (Lipinski definition) is 6. The summed E-state index contributed by atoms with van der Waals surface area (Å²) >= 11 is 6.03. The lowest BCUT2D eigenvalue weighted by molar-refractivity contribution is -0.0616. The molecule has 2 aromatic carbocycles. The molecule has 1 saturated heterocycles. The fourth-order valence-corrected chi connectivity index (χ4v) is 4.85. The fraction of sp³-hybridized carbons (Fsp3) is 0.333. The van der Waals surface area contributed by atoms with E-state index in [0.717, 1.165) is 0 Å². The maximum atomic E-state index is 15.2.